The number of hydrogen-bond acceptors (Lipinski definition) is 5. The zero-order valence-corrected chi connectivity index (χ0v) is 12.8. The molecule has 7 heteroatoms. The first-order valence-corrected chi connectivity index (χ1v) is 7.85. The van der Waals surface area contributed by atoms with Gasteiger partial charge in [0, 0.05) is 17.3 Å². The average Bonchev–Trinajstić information content (AvgIpc) is 3.19. The number of carbonyl (C=O) groups excluding carboxylic acids is 1. The van der Waals surface area contributed by atoms with Crippen LogP contribution in [0.2, 0.25) is 0 Å². The fraction of sp³-hybridized carbons (Fsp3) is 0.333. The van der Waals surface area contributed by atoms with Gasteiger partial charge < -0.3 is 10.4 Å². The number of carboxylic acid groups (broad SMARTS) is 1. The van der Waals surface area contributed by atoms with Gasteiger partial charge in [-0.25, -0.2) is 14.8 Å². The molecule has 1 fully saturated rings. The van der Waals surface area contributed by atoms with Crippen LogP contribution in [0.15, 0.2) is 23.7 Å². The third kappa shape index (κ3) is 3.14. The number of nitrogens with one attached hydrogen (secondary N) is 1. The average molecular weight is 317 g/mol. The van der Waals surface area contributed by atoms with Crippen LogP contribution in [0.3, 0.4) is 0 Å². The highest BCUT2D eigenvalue weighted by atomic mass is 32.1. The monoisotopic (exact) mass is 317 g/mol. The number of thiophene rings is 1. The first-order valence-electron chi connectivity index (χ1n) is 6.97. The van der Waals surface area contributed by atoms with E-state index in [4.69, 9.17) is 5.11 Å². The van der Waals surface area contributed by atoms with Crippen LogP contribution in [0.4, 0.5) is 0 Å². The molecule has 6 nitrogen and oxygen atoms in total. The molecule has 0 bridgehead atoms. The Hall–Kier alpha value is -2.28. The number of aromatic carboxylic acids is 1. The lowest BCUT2D eigenvalue weighted by Crippen LogP contribution is -2.31. The van der Waals surface area contributed by atoms with E-state index in [2.05, 4.69) is 15.3 Å². The van der Waals surface area contributed by atoms with Gasteiger partial charge in [0.05, 0.1) is 11.6 Å². The second-order valence-electron chi connectivity index (χ2n) is 5.35. The Bertz CT molecular complexity index is 724. The molecule has 1 saturated carbocycles. The molecule has 1 aliphatic carbocycles. The van der Waals surface area contributed by atoms with Crippen molar-refractivity contribution in [2.45, 2.75) is 25.8 Å². The van der Waals surface area contributed by atoms with Crippen molar-refractivity contribution in [2.24, 2.45) is 5.92 Å². The summed E-state index contributed by atoms with van der Waals surface area (Å²) in [5.41, 5.74) is 1.22. The minimum Gasteiger partial charge on any atom is -0.477 e. The third-order valence-electron chi connectivity index (χ3n) is 3.54. The van der Waals surface area contributed by atoms with Gasteiger partial charge in [0.25, 0.3) is 5.91 Å². The minimum absolute atomic E-state index is 0.153. The van der Waals surface area contributed by atoms with Gasteiger partial charge in [0.2, 0.25) is 0 Å². The van der Waals surface area contributed by atoms with Crippen LogP contribution in [-0.4, -0.2) is 27.0 Å². The summed E-state index contributed by atoms with van der Waals surface area (Å²) in [5, 5.41) is 13.4. The van der Waals surface area contributed by atoms with E-state index < -0.39 is 5.97 Å². The molecule has 0 saturated heterocycles. The number of aromatic nitrogens is 2. The van der Waals surface area contributed by atoms with E-state index in [1.165, 1.54) is 6.07 Å². The lowest BCUT2D eigenvalue weighted by Gasteiger charge is -2.16. The SMILES string of the molecule is Cc1ccnc(C(NC(=O)c2csc(C(=O)O)c2)C2CC2)n1. The van der Waals surface area contributed by atoms with Crippen LogP contribution in [0.25, 0.3) is 0 Å². The van der Waals surface area contributed by atoms with E-state index in [0.29, 0.717) is 17.3 Å². The molecule has 2 N–H and O–H groups in total. The highest BCUT2D eigenvalue weighted by Gasteiger charge is 2.35. The number of aryl methyl sites for hydroxylation is 1. The van der Waals surface area contributed by atoms with Crippen LogP contribution in [0.1, 0.15) is 50.4 Å². The van der Waals surface area contributed by atoms with Crippen molar-refractivity contribution in [2.75, 3.05) is 0 Å². The maximum Gasteiger partial charge on any atom is 0.345 e. The van der Waals surface area contributed by atoms with Crippen molar-refractivity contribution in [3.05, 3.63) is 45.7 Å². The Balaban J connectivity index is 1.78. The van der Waals surface area contributed by atoms with Gasteiger partial charge >= 0.3 is 5.97 Å². The molecule has 22 heavy (non-hydrogen) atoms. The topological polar surface area (TPSA) is 92.2 Å². The summed E-state index contributed by atoms with van der Waals surface area (Å²) in [4.78, 5) is 32.0. The molecule has 0 aromatic carbocycles. The number of carboxylic acids is 1. The molecule has 2 aromatic rings. The Morgan fingerprint density at radius 3 is 2.82 bits per heavy atom. The van der Waals surface area contributed by atoms with Crippen molar-refractivity contribution in [3.8, 4) is 0 Å². The molecular weight excluding hydrogens is 302 g/mol. The van der Waals surface area contributed by atoms with Gasteiger partial charge in [0.15, 0.2) is 5.82 Å². The normalized spacial score (nSPS) is 15.3. The summed E-state index contributed by atoms with van der Waals surface area (Å²) in [6, 6.07) is 2.98. The quantitative estimate of drug-likeness (QED) is 0.883. The van der Waals surface area contributed by atoms with Gasteiger partial charge in [0.1, 0.15) is 4.88 Å². The molecular formula is C15H15N3O3S. The second kappa shape index (κ2) is 5.84. The van der Waals surface area contributed by atoms with Gasteiger partial charge in [-0.1, -0.05) is 0 Å². The van der Waals surface area contributed by atoms with Crippen LogP contribution < -0.4 is 5.32 Å². The number of rotatable bonds is 5. The van der Waals surface area contributed by atoms with Crippen LogP contribution in [0.5, 0.6) is 0 Å². The van der Waals surface area contributed by atoms with Crippen molar-refractivity contribution < 1.29 is 14.7 Å². The van der Waals surface area contributed by atoms with E-state index in [9.17, 15) is 9.59 Å². The highest BCUT2D eigenvalue weighted by Crippen LogP contribution is 2.40. The summed E-state index contributed by atoms with van der Waals surface area (Å²) in [6.45, 7) is 1.88. The van der Waals surface area contributed by atoms with Crippen molar-refractivity contribution in [1.82, 2.24) is 15.3 Å². The molecule has 1 aliphatic rings. The molecule has 1 atom stereocenters. The maximum absolute atomic E-state index is 12.3. The number of nitrogens with zero attached hydrogens (tertiary/aromatic N) is 2. The minimum atomic E-state index is -1.02. The van der Waals surface area contributed by atoms with Gasteiger partial charge in [-0.05, 0) is 37.8 Å². The zero-order valence-electron chi connectivity index (χ0n) is 11.9. The number of amides is 1. The Kier molecular flexibility index (Phi) is 3.89. The Morgan fingerprint density at radius 1 is 1.45 bits per heavy atom. The largest absolute Gasteiger partial charge is 0.477 e. The second-order valence-corrected chi connectivity index (χ2v) is 6.26. The van der Waals surface area contributed by atoms with Crippen LogP contribution >= 0.6 is 11.3 Å². The van der Waals surface area contributed by atoms with Crippen LogP contribution in [-0.2, 0) is 0 Å². The molecule has 1 unspecified atom stereocenters. The van der Waals surface area contributed by atoms with E-state index in [1.807, 2.05) is 13.0 Å². The summed E-state index contributed by atoms with van der Waals surface area (Å²) >= 11 is 1.04. The Morgan fingerprint density at radius 2 is 2.23 bits per heavy atom. The molecule has 1 amide bonds. The highest BCUT2D eigenvalue weighted by molar-refractivity contribution is 7.12. The number of carbonyl (C=O) groups is 2. The summed E-state index contributed by atoms with van der Waals surface area (Å²) in [6.07, 6.45) is 3.75. The predicted molar refractivity (Wildman–Crippen MR) is 81.0 cm³/mol. The van der Waals surface area contributed by atoms with E-state index in [1.54, 1.807) is 11.6 Å². The molecule has 3 rings (SSSR count). The van der Waals surface area contributed by atoms with Crippen molar-refractivity contribution in [3.63, 3.8) is 0 Å². The predicted octanol–water partition coefficient (Wildman–Crippen LogP) is 2.43. The standard InChI is InChI=1S/C15H15N3O3S/c1-8-4-5-16-13(17-8)12(9-2-3-9)18-14(19)10-6-11(15(20)21)22-7-10/h4-7,9,12H,2-3H2,1H3,(H,18,19)(H,20,21). The fourth-order valence-electron chi connectivity index (χ4n) is 2.23. The maximum atomic E-state index is 12.3. The third-order valence-corrected chi connectivity index (χ3v) is 4.46. The lowest BCUT2D eigenvalue weighted by molar-refractivity contribution is 0.0702. The van der Waals surface area contributed by atoms with E-state index in [-0.39, 0.29) is 16.8 Å². The molecule has 2 heterocycles. The molecule has 114 valence electrons. The summed E-state index contributed by atoms with van der Waals surface area (Å²) in [5.74, 6) is -0.344. The van der Waals surface area contributed by atoms with Crippen molar-refractivity contribution >= 4 is 23.2 Å². The van der Waals surface area contributed by atoms with Crippen LogP contribution in [0, 0.1) is 12.8 Å². The summed E-state index contributed by atoms with van der Waals surface area (Å²) in [7, 11) is 0. The fourth-order valence-corrected chi connectivity index (χ4v) is 2.96. The first kappa shape index (κ1) is 14.6. The van der Waals surface area contributed by atoms with Gasteiger partial charge in [-0.3, -0.25) is 4.79 Å². The zero-order chi connectivity index (χ0) is 15.7. The Labute approximate surface area is 131 Å². The lowest BCUT2D eigenvalue weighted by atomic mass is 10.1. The molecule has 0 radical (unpaired) electrons. The molecule has 0 spiro atoms. The first-order chi connectivity index (χ1) is 10.5. The summed E-state index contributed by atoms with van der Waals surface area (Å²) < 4.78 is 0. The van der Waals surface area contributed by atoms with Gasteiger partial charge in [-0.2, -0.15) is 0 Å². The molecule has 2 aromatic heterocycles. The van der Waals surface area contributed by atoms with E-state index in [0.717, 1.165) is 29.9 Å². The van der Waals surface area contributed by atoms with E-state index >= 15 is 0 Å². The van der Waals surface area contributed by atoms with Crippen molar-refractivity contribution in [1.29, 1.82) is 0 Å². The smallest absolute Gasteiger partial charge is 0.345 e. The number of hydrogen-bond donors (Lipinski definition) is 2. The van der Waals surface area contributed by atoms with Gasteiger partial charge in [-0.15, -0.1) is 11.3 Å². The molecule has 0 aliphatic heterocycles.